The standard InChI is InChI=1S/C12H22N2O4/c1-3-6-14(7-9-4-5-9)11(17)13-8-12(2,18)10(15)16/h9,18H,3-8H2,1-2H3,(H,13,17)(H,15,16). The maximum absolute atomic E-state index is 11.9. The summed E-state index contributed by atoms with van der Waals surface area (Å²) in [6.07, 6.45) is 3.16. The lowest BCUT2D eigenvalue weighted by molar-refractivity contribution is -0.155. The molecule has 1 fully saturated rings. The van der Waals surface area contributed by atoms with Crippen LogP contribution in [0.1, 0.15) is 33.1 Å². The second-order valence-electron chi connectivity index (χ2n) is 5.13. The van der Waals surface area contributed by atoms with Crippen molar-refractivity contribution in [3.63, 3.8) is 0 Å². The number of aliphatic hydroxyl groups is 1. The highest BCUT2D eigenvalue weighted by Crippen LogP contribution is 2.29. The third-order valence-electron chi connectivity index (χ3n) is 3.00. The normalized spacial score (nSPS) is 17.9. The summed E-state index contributed by atoms with van der Waals surface area (Å²) < 4.78 is 0. The molecule has 0 aromatic heterocycles. The fourth-order valence-corrected chi connectivity index (χ4v) is 1.59. The number of urea groups is 1. The molecule has 0 heterocycles. The molecule has 0 saturated heterocycles. The van der Waals surface area contributed by atoms with E-state index >= 15 is 0 Å². The van der Waals surface area contributed by atoms with Crippen molar-refractivity contribution in [3.8, 4) is 0 Å². The summed E-state index contributed by atoms with van der Waals surface area (Å²) >= 11 is 0. The molecule has 1 aliphatic carbocycles. The molecule has 1 unspecified atom stereocenters. The number of carboxylic acids is 1. The van der Waals surface area contributed by atoms with Crippen LogP contribution in [0.5, 0.6) is 0 Å². The maximum atomic E-state index is 11.9. The Labute approximate surface area is 107 Å². The molecule has 6 nitrogen and oxygen atoms in total. The SMILES string of the molecule is CCCN(CC1CC1)C(=O)NCC(C)(O)C(=O)O. The van der Waals surface area contributed by atoms with Crippen LogP contribution in [-0.4, -0.2) is 52.3 Å². The molecular formula is C12H22N2O4. The van der Waals surface area contributed by atoms with Crippen LogP contribution in [0.3, 0.4) is 0 Å². The number of aliphatic carboxylic acids is 1. The van der Waals surface area contributed by atoms with Gasteiger partial charge in [-0.15, -0.1) is 0 Å². The van der Waals surface area contributed by atoms with Crippen LogP contribution in [0.25, 0.3) is 0 Å². The highest BCUT2D eigenvalue weighted by atomic mass is 16.4. The van der Waals surface area contributed by atoms with E-state index in [1.165, 1.54) is 6.92 Å². The molecule has 1 aliphatic rings. The smallest absolute Gasteiger partial charge is 0.337 e. The number of hydrogen-bond acceptors (Lipinski definition) is 3. The lowest BCUT2D eigenvalue weighted by Gasteiger charge is -2.25. The Bertz CT molecular complexity index is 313. The lowest BCUT2D eigenvalue weighted by atomic mass is 10.1. The van der Waals surface area contributed by atoms with Crippen LogP contribution in [-0.2, 0) is 4.79 Å². The first-order chi connectivity index (χ1) is 8.36. The average molecular weight is 258 g/mol. The predicted octanol–water partition coefficient (Wildman–Crippen LogP) is 0.654. The van der Waals surface area contributed by atoms with Crippen LogP contribution in [0.2, 0.25) is 0 Å². The molecule has 1 rings (SSSR count). The Balaban J connectivity index is 2.42. The fourth-order valence-electron chi connectivity index (χ4n) is 1.59. The van der Waals surface area contributed by atoms with Gasteiger partial charge in [-0.1, -0.05) is 6.92 Å². The van der Waals surface area contributed by atoms with Gasteiger partial charge >= 0.3 is 12.0 Å². The number of carbonyl (C=O) groups is 2. The molecule has 0 radical (unpaired) electrons. The van der Waals surface area contributed by atoms with Crippen molar-refractivity contribution < 1.29 is 19.8 Å². The van der Waals surface area contributed by atoms with Crippen molar-refractivity contribution in [1.82, 2.24) is 10.2 Å². The second kappa shape index (κ2) is 6.04. The highest BCUT2D eigenvalue weighted by molar-refractivity contribution is 5.79. The average Bonchev–Trinajstić information content (AvgIpc) is 3.09. The van der Waals surface area contributed by atoms with E-state index in [1.54, 1.807) is 4.90 Å². The van der Waals surface area contributed by atoms with E-state index < -0.39 is 11.6 Å². The van der Waals surface area contributed by atoms with E-state index in [1.807, 2.05) is 6.92 Å². The zero-order valence-electron chi connectivity index (χ0n) is 11.0. The van der Waals surface area contributed by atoms with Gasteiger partial charge in [0.05, 0.1) is 6.54 Å². The second-order valence-corrected chi connectivity index (χ2v) is 5.13. The van der Waals surface area contributed by atoms with Crippen molar-refractivity contribution in [3.05, 3.63) is 0 Å². The summed E-state index contributed by atoms with van der Waals surface area (Å²) in [4.78, 5) is 24.3. The molecule has 104 valence electrons. The van der Waals surface area contributed by atoms with Crippen LogP contribution in [0, 0.1) is 5.92 Å². The number of nitrogens with one attached hydrogen (secondary N) is 1. The molecular weight excluding hydrogens is 236 g/mol. The highest BCUT2D eigenvalue weighted by Gasteiger charge is 2.32. The van der Waals surface area contributed by atoms with Crippen molar-refractivity contribution in [2.75, 3.05) is 19.6 Å². The first-order valence-corrected chi connectivity index (χ1v) is 6.35. The number of amides is 2. The first kappa shape index (κ1) is 14.8. The summed E-state index contributed by atoms with van der Waals surface area (Å²) in [5.74, 6) is -0.755. The van der Waals surface area contributed by atoms with E-state index in [0.29, 0.717) is 12.5 Å². The van der Waals surface area contributed by atoms with Crippen molar-refractivity contribution >= 4 is 12.0 Å². The largest absolute Gasteiger partial charge is 0.479 e. The third kappa shape index (κ3) is 4.52. The van der Waals surface area contributed by atoms with E-state index in [-0.39, 0.29) is 12.6 Å². The van der Waals surface area contributed by atoms with Crippen molar-refractivity contribution in [2.24, 2.45) is 5.92 Å². The van der Waals surface area contributed by atoms with Gasteiger partial charge in [0, 0.05) is 13.1 Å². The third-order valence-corrected chi connectivity index (χ3v) is 3.00. The Kier molecular flexibility index (Phi) is 4.95. The minimum absolute atomic E-state index is 0.286. The van der Waals surface area contributed by atoms with Crippen molar-refractivity contribution in [2.45, 2.75) is 38.7 Å². The minimum atomic E-state index is -1.92. The van der Waals surface area contributed by atoms with Crippen molar-refractivity contribution in [1.29, 1.82) is 0 Å². The summed E-state index contributed by atoms with van der Waals surface area (Å²) in [6.45, 7) is 4.24. The molecule has 0 spiro atoms. The molecule has 0 bridgehead atoms. The summed E-state index contributed by atoms with van der Waals surface area (Å²) in [7, 11) is 0. The summed E-state index contributed by atoms with van der Waals surface area (Å²) in [5, 5.41) is 20.7. The number of rotatable bonds is 7. The Hall–Kier alpha value is -1.30. The molecule has 6 heteroatoms. The Morgan fingerprint density at radius 3 is 2.50 bits per heavy atom. The van der Waals surface area contributed by atoms with Gasteiger partial charge in [0.1, 0.15) is 0 Å². The summed E-state index contributed by atoms with van der Waals surface area (Å²) in [6, 6.07) is -0.301. The van der Waals surface area contributed by atoms with Gasteiger partial charge in [0.25, 0.3) is 0 Å². The molecule has 18 heavy (non-hydrogen) atoms. The number of carbonyl (C=O) groups excluding carboxylic acids is 1. The Morgan fingerprint density at radius 2 is 2.06 bits per heavy atom. The van der Waals surface area contributed by atoms with Gasteiger partial charge in [-0.25, -0.2) is 9.59 Å². The molecule has 3 N–H and O–H groups in total. The van der Waals surface area contributed by atoms with Gasteiger partial charge in [0.2, 0.25) is 0 Å². The van der Waals surface area contributed by atoms with Gasteiger partial charge in [0.15, 0.2) is 5.60 Å². The number of carboxylic acid groups (broad SMARTS) is 1. The zero-order valence-corrected chi connectivity index (χ0v) is 11.0. The van der Waals surface area contributed by atoms with Gasteiger partial charge < -0.3 is 20.4 Å². The van der Waals surface area contributed by atoms with Crippen LogP contribution in [0.4, 0.5) is 4.79 Å². The van der Waals surface area contributed by atoms with Gasteiger partial charge in [-0.3, -0.25) is 0 Å². The molecule has 0 aromatic rings. The van der Waals surface area contributed by atoms with Crippen LogP contribution < -0.4 is 5.32 Å². The molecule has 0 aliphatic heterocycles. The predicted molar refractivity (Wildman–Crippen MR) is 66.2 cm³/mol. The first-order valence-electron chi connectivity index (χ1n) is 6.35. The van der Waals surface area contributed by atoms with E-state index in [9.17, 15) is 14.7 Å². The minimum Gasteiger partial charge on any atom is -0.479 e. The molecule has 1 atom stereocenters. The topological polar surface area (TPSA) is 89.9 Å². The van der Waals surface area contributed by atoms with E-state index in [0.717, 1.165) is 25.8 Å². The monoisotopic (exact) mass is 258 g/mol. The van der Waals surface area contributed by atoms with Crippen LogP contribution >= 0.6 is 0 Å². The number of nitrogens with zero attached hydrogens (tertiary/aromatic N) is 1. The maximum Gasteiger partial charge on any atom is 0.337 e. The van der Waals surface area contributed by atoms with Gasteiger partial charge in [-0.2, -0.15) is 0 Å². The van der Waals surface area contributed by atoms with E-state index in [2.05, 4.69) is 5.32 Å². The molecule has 0 aromatic carbocycles. The zero-order chi connectivity index (χ0) is 13.8. The van der Waals surface area contributed by atoms with Crippen LogP contribution in [0.15, 0.2) is 0 Å². The van der Waals surface area contributed by atoms with Gasteiger partial charge in [-0.05, 0) is 32.1 Å². The number of hydrogen-bond donors (Lipinski definition) is 3. The quantitative estimate of drug-likeness (QED) is 0.625. The summed E-state index contributed by atoms with van der Waals surface area (Å²) in [5.41, 5.74) is -1.92. The molecule has 1 saturated carbocycles. The fraction of sp³-hybridized carbons (Fsp3) is 0.833. The lowest BCUT2D eigenvalue weighted by Crippen LogP contribution is -2.50. The van der Waals surface area contributed by atoms with E-state index in [4.69, 9.17) is 5.11 Å². The Morgan fingerprint density at radius 1 is 1.44 bits per heavy atom. The molecule has 2 amide bonds.